The van der Waals surface area contributed by atoms with E-state index in [0.717, 1.165) is 46.6 Å². The second-order valence-corrected chi connectivity index (χ2v) is 8.22. The van der Waals surface area contributed by atoms with Gasteiger partial charge in [-0.3, -0.25) is 4.79 Å². The molecule has 1 aromatic heterocycles. The largest absolute Gasteiger partial charge is 0.467 e. The lowest BCUT2D eigenvalue weighted by Crippen LogP contribution is -2.30. The van der Waals surface area contributed by atoms with E-state index in [1.54, 1.807) is 0 Å². The van der Waals surface area contributed by atoms with E-state index < -0.39 is 0 Å². The number of hydrogen-bond donors (Lipinski definition) is 2. The summed E-state index contributed by atoms with van der Waals surface area (Å²) < 4.78 is 7.44. The summed E-state index contributed by atoms with van der Waals surface area (Å²) in [6.45, 7) is 5.05. The SMILES string of the molecule is CCCCCCCCNC(=O)COc1nc(NC)c(Br)c(CCCC)c1Br. The zero-order chi connectivity index (χ0) is 20.1. The molecule has 1 heterocycles. The molecule has 0 saturated carbocycles. The molecule has 0 atom stereocenters. The number of amides is 1. The number of carbonyl (C=O) groups excluding carboxylic acids is 1. The molecule has 0 aromatic carbocycles. The number of aromatic nitrogens is 1. The first-order valence-corrected chi connectivity index (χ1v) is 11.6. The highest BCUT2D eigenvalue weighted by molar-refractivity contribution is 9.11. The summed E-state index contributed by atoms with van der Waals surface area (Å²) >= 11 is 7.20. The van der Waals surface area contributed by atoms with Crippen LogP contribution in [0.3, 0.4) is 0 Å². The Morgan fingerprint density at radius 2 is 1.67 bits per heavy atom. The molecule has 5 nitrogen and oxygen atoms in total. The molecule has 0 fully saturated rings. The lowest BCUT2D eigenvalue weighted by atomic mass is 10.1. The zero-order valence-electron chi connectivity index (χ0n) is 16.8. The number of halogens is 2. The van der Waals surface area contributed by atoms with Gasteiger partial charge in [0.05, 0.1) is 8.95 Å². The molecule has 0 spiro atoms. The highest BCUT2D eigenvalue weighted by Gasteiger charge is 2.17. The molecule has 1 aromatic rings. The summed E-state index contributed by atoms with van der Waals surface area (Å²) in [5, 5.41) is 5.99. The number of hydrogen-bond acceptors (Lipinski definition) is 4. The first-order chi connectivity index (χ1) is 13.0. The number of anilines is 1. The van der Waals surface area contributed by atoms with Gasteiger partial charge < -0.3 is 15.4 Å². The van der Waals surface area contributed by atoms with Crippen molar-refractivity contribution in [2.24, 2.45) is 0 Å². The maximum absolute atomic E-state index is 12.0. The first kappa shape index (κ1) is 24.2. The minimum Gasteiger partial charge on any atom is -0.467 e. The van der Waals surface area contributed by atoms with Crippen LogP contribution >= 0.6 is 31.9 Å². The van der Waals surface area contributed by atoms with E-state index in [0.29, 0.717) is 18.2 Å². The van der Waals surface area contributed by atoms with Gasteiger partial charge in [-0.15, -0.1) is 0 Å². The lowest BCUT2D eigenvalue weighted by molar-refractivity contribution is -0.123. The van der Waals surface area contributed by atoms with Gasteiger partial charge in [-0.05, 0) is 56.7 Å². The van der Waals surface area contributed by atoms with Gasteiger partial charge in [-0.2, -0.15) is 4.98 Å². The molecule has 1 amide bonds. The number of nitrogens with zero attached hydrogens (tertiary/aromatic N) is 1. The molecular weight excluding hydrogens is 474 g/mol. The van der Waals surface area contributed by atoms with Crippen LogP contribution in [0, 0.1) is 0 Å². The fourth-order valence-electron chi connectivity index (χ4n) is 2.72. The van der Waals surface area contributed by atoms with Crippen LogP contribution in [0.25, 0.3) is 0 Å². The number of pyridine rings is 1. The molecule has 0 aliphatic rings. The number of ether oxygens (including phenoxy) is 1. The van der Waals surface area contributed by atoms with E-state index in [9.17, 15) is 4.79 Å². The van der Waals surface area contributed by atoms with Crippen LogP contribution in [-0.4, -0.2) is 31.1 Å². The van der Waals surface area contributed by atoms with Crippen LogP contribution in [0.4, 0.5) is 5.82 Å². The van der Waals surface area contributed by atoms with Gasteiger partial charge in [-0.1, -0.05) is 52.4 Å². The Labute approximate surface area is 180 Å². The predicted molar refractivity (Wildman–Crippen MR) is 120 cm³/mol. The second-order valence-electron chi connectivity index (χ2n) is 6.63. The van der Waals surface area contributed by atoms with Crippen molar-refractivity contribution < 1.29 is 9.53 Å². The molecule has 0 saturated heterocycles. The Kier molecular flexibility index (Phi) is 12.8. The minimum atomic E-state index is -0.110. The molecule has 2 N–H and O–H groups in total. The van der Waals surface area contributed by atoms with E-state index in [1.807, 2.05) is 7.05 Å². The van der Waals surface area contributed by atoms with Crippen LogP contribution in [0.2, 0.25) is 0 Å². The number of unbranched alkanes of at least 4 members (excludes halogenated alkanes) is 6. The monoisotopic (exact) mass is 505 g/mol. The summed E-state index contributed by atoms with van der Waals surface area (Å²) in [6.07, 6.45) is 10.3. The molecule has 0 bridgehead atoms. The molecule has 0 unspecified atom stereocenters. The second kappa shape index (κ2) is 14.2. The summed E-state index contributed by atoms with van der Waals surface area (Å²) in [5.74, 6) is 1.05. The molecular formula is C20H33Br2N3O2. The quantitative estimate of drug-likeness (QED) is 0.311. The van der Waals surface area contributed by atoms with Crippen LogP contribution in [0.5, 0.6) is 5.88 Å². The Bertz CT molecular complexity index is 583. The van der Waals surface area contributed by atoms with E-state index in [4.69, 9.17) is 4.74 Å². The molecule has 1 rings (SSSR count). The summed E-state index contributed by atoms with van der Waals surface area (Å²) in [7, 11) is 1.82. The number of rotatable bonds is 14. The van der Waals surface area contributed by atoms with Gasteiger partial charge in [0, 0.05) is 13.6 Å². The predicted octanol–water partition coefficient (Wildman–Crippen LogP) is 5.85. The highest BCUT2D eigenvalue weighted by atomic mass is 79.9. The van der Waals surface area contributed by atoms with Crippen molar-refractivity contribution in [2.45, 2.75) is 71.6 Å². The van der Waals surface area contributed by atoms with Gasteiger partial charge in [-0.25, -0.2) is 0 Å². The topological polar surface area (TPSA) is 63.2 Å². The third-order valence-corrected chi connectivity index (χ3v) is 6.02. The average Bonchev–Trinajstić information content (AvgIpc) is 2.66. The zero-order valence-corrected chi connectivity index (χ0v) is 20.0. The van der Waals surface area contributed by atoms with E-state index in [1.165, 1.54) is 25.7 Å². The Morgan fingerprint density at radius 1 is 1.00 bits per heavy atom. The maximum Gasteiger partial charge on any atom is 0.258 e. The van der Waals surface area contributed by atoms with E-state index in [-0.39, 0.29) is 12.5 Å². The maximum atomic E-state index is 12.0. The van der Waals surface area contributed by atoms with Crippen molar-refractivity contribution in [2.75, 3.05) is 25.5 Å². The lowest BCUT2D eigenvalue weighted by Gasteiger charge is -2.15. The van der Waals surface area contributed by atoms with Crippen LogP contribution in [0.15, 0.2) is 8.95 Å². The first-order valence-electron chi connectivity index (χ1n) is 10.00. The number of carbonyl (C=O) groups is 1. The van der Waals surface area contributed by atoms with Crippen molar-refractivity contribution in [3.63, 3.8) is 0 Å². The van der Waals surface area contributed by atoms with Crippen LogP contribution in [0.1, 0.15) is 70.8 Å². The van der Waals surface area contributed by atoms with Crippen molar-refractivity contribution in [3.05, 3.63) is 14.5 Å². The molecule has 154 valence electrons. The smallest absolute Gasteiger partial charge is 0.258 e. The van der Waals surface area contributed by atoms with Crippen molar-refractivity contribution in [1.82, 2.24) is 10.3 Å². The average molecular weight is 507 g/mol. The Morgan fingerprint density at radius 3 is 2.33 bits per heavy atom. The molecule has 0 aliphatic carbocycles. The Balaban J connectivity index is 2.52. The summed E-state index contributed by atoms with van der Waals surface area (Å²) in [5.41, 5.74) is 1.11. The molecule has 0 aliphatic heterocycles. The van der Waals surface area contributed by atoms with Gasteiger partial charge in [0.25, 0.3) is 5.91 Å². The minimum absolute atomic E-state index is 0.0283. The van der Waals surface area contributed by atoms with E-state index >= 15 is 0 Å². The summed E-state index contributed by atoms with van der Waals surface area (Å²) in [6, 6.07) is 0. The number of nitrogens with one attached hydrogen (secondary N) is 2. The Hall–Kier alpha value is -0.820. The van der Waals surface area contributed by atoms with Gasteiger partial charge >= 0.3 is 0 Å². The summed E-state index contributed by atoms with van der Waals surface area (Å²) in [4.78, 5) is 16.5. The van der Waals surface area contributed by atoms with Crippen LogP contribution < -0.4 is 15.4 Å². The molecule has 7 heteroatoms. The van der Waals surface area contributed by atoms with Gasteiger partial charge in [0.1, 0.15) is 5.82 Å². The fourth-order valence-corrected chi connectivity index (χ4v) is 4.27. The molecule has 0 radical (unpaired) electrons. The highest BCUT2D eigenvalue weighted by Crippen LogP contribution is 2.37. The third kappa shape index (κ3) is 8.81. The van der Waals surface area contributed by atoms with Gasteiger partial charge in [0.2, 0.25) is 5.88 Å². The standard InChI is InChI=1S/C20H33Br2N3O2/c1-4-6-8-9-10-11-13-24-16(26)14-27-20-18(22)15(12-7-5-2)17(21)19(23-3)25-20/h4-14H2,1-3H3,(H,23,25)(H,24,26). The fraction of sp³-hybridized carbons (Fsp3) is 0.700. The van der Waals surface area contributed by atoms with Crippen molar-refractivity contribution in [1.29, 1.82) is 0 Å². The van der Waals surface area contributed by atoms with Crippen molar-refractivity contribution in [3.8, 4) is 5.88 Å². The van der Waals surface area contributed by atoms with Crippen molar-refractivity contribution >= 4 is 43.6 Å². The third-order valence-electron chi connectivity index (χ3n) is 4.35. The molecule has 27 heavy (non-hydrogen) atoms. The normalized spacial score (nSPS) is 10.7. The van der Waals surface area contributed by atoms with Crippen LogP contribution in [-0.2, 0) is 11.2 Å². The van der Waals surface area contributed by atoms with Gasteiger partial charge in [0.15, 0.2) is 6.61 Å². The van der Waals surface area contributed by atoms with E-state index in [2.05, 4.69) is 61.3 Å².